The van der Waals surface area contributed by atoms with E-state index >= 15 is 0 Å². The zero-order valence-corrected chi connectivity index (χ0v) is 17.8. The maximum absolute atomic E-state index is 5.83. The molecule has 2 aliphatic rings. The molecule has 0 spiro atoms. The summed E-state index contributed by atoms with van der Waals surface area (Å²) in [5, 5.41) is 15.4. The summed E-state index contributed by atoms with van der Waals surface area (Å²) in [6.07, 6.45) is 6.72. The number of nitrogens with one attached hydrogen (secondary N) is 2. The van der Waals surface area contributed by atoms with Crippen molar-refractivity contribution in [2.24, 2.45) is 4.99 Å². The van der Waals surface area contributed by atoms with E-state index in [1.807, 2.05) is 34.9 Å². The van der Waals surface area contributed by atoms with Crippen molar-refractivity contribution in [2.75, 3.05) is 26.8 Å². The Morgan fingerprint density at radius 3 is 2.74 bits per heavy atom. The van der Waals surface area contributed by atoms with Crippen molar-refractivity contribution in [2.45, 2.75) is 37.6 Å². The van der Waals surface area contributed by atoms with E-state index in [1.165, 1.54) is 18.4 Å². The second kappa shape index (κ2) is 8.45. The highest BCUT2D eigenvalue weighted by molar-refractivity contribution is 5.79. The molecule has 2 N–H and O–H groups in total. The third kappa shape index (κ3) is 3.89. The third-order valence-corrected chi connectivity index (χ3v) is 6.33. The smallest absolute Gasteiger partial charge is 0.191 e. The predicted molar refractivity (Wildman–Crippen MR) is 119 cm³/mol. The molecule has 3 aromatic rings. The highest BCUT2D eigenvalue weighted by atomic mass is 16.6. The Bertz CT molecular complexity index is 1090. The molecule has 0 atom stereocenters. The van der Waals surface area contributed by atoms with Gasteiger partial charge < -0.3 is 20.1 Å². The van der Waals surface area contributed by atoms with Crippen LogP contribution in [0.15, 0.2) is 47.6 Å². The Hall–Kier alpha value is -3.29. The van der Waals surface area contributed by atoms with Crippen LogP contribution in [-0.2, 0) is 12.0 Å². The Morgan fingerprint density at radius 2 is 1.90 bits per heavy atom. The molecule has 1 aliphatic heterocycles. The lowest BCUT2D eigenvalue weighted by atomic mass is 9.78. The summed E-state index contributed by atoms with van der Waals surface area (Å²) in [4.78, 5) is 4.42. The number of hydrogen-bond acceptors (Lipinski definition) is 5. The van der Waals surface area contributed by atoms with Crippen molar-refractivity contribution in [1.82, 2.24) is 25.2 Å². The predicted octanol–water partition coefficient (Wildman–Crippen LogP) is 2.68. The van der Waals surface area contributed by atoms with Crippen LogP contribution in [-0.4, -0.2) is 47.4 Å². The van der Waals surface area contributed by atoms with Crippen molar-refractivity contribution in [3.05, 3.63) is 54.0 Å². The number of hydrogen-bond donors (Lipinski definition) is 2. The minimum Gasteiger partial charge on any atom is -0.486 e. The topological polar surface area (TPSA) is 85.1 Å². The average Bonchev–Trinajstić information content (AvgIpc) is 3.47. The molecule has 8 nitrogen and oxygen atoms in total. The molecular formula is C23H28N6O2. The van der Waals surface area contributed by atoms with Gasteiger partial charge in [-0.3, -0.25) is 9.39 Å². The van der Waals surface area contributed by atoms with Crippen LogP contribution in [0.1, 0.15) is 37.1 Å². The van der Waals surface area contributed by atoms with Crippen molar-refractivity contribution < 1.29 is 9.47 Å². The standard InChI is InChI=1S/C23H28N6O2/c1-24-22(25-15-21-28-27-20-6-2-5-11-29(20)21)26-16-23(9-3-4-10-23)17-7-8-18-19(14-17)31-13-12-30-18/h2,5-8,11,14H,3-4,9-10,12-13,15-16H2,1H3,(H2,24,25,26). The number of ether oxygens (including phenoxy) is 2. The number of benzene rings is 1. The molecule has 162 valence electrons. The largest absolute Gasteiger partial charge is 0.486 e. The number of aromatic nitrogens is 3. The van der Waals surface area contributed by atoms with E-state index in [2.05, 4.69) is 38.0 Å². The van der Waals surface area contributed by atoms with Crippen LogP contribution in [0.25, 0.3) is 5.65 Å². The molecule has 1 fully saturated rings. The van der Waals surface area contributed by atoms with Gasteiger partial charge in [-0.05, 0) is 42.7 Å². The Balaban J connectivity index is 1.28. The van der Waals surface area contributed by atoms with E-state index in [0.717, 1.165) is 48.3 Å². The summed E-state index contributed by atoms with van der Waals surface area (Å²) < 4.78 is 13.5. The number of nitrogens with zero attached hydrogens (tertiary/aromatic N) is 4. The summed E-state index contributed by atoms with van der Waals surface area (Å²) in [5.41, 5.74) is 2.21. The first-order valence-electron chi connectivity index (χ1n) is 10.9. The molecule has 0 saturated heterocycles. The van der Waals surface area contributed by atoms with E-state index in [9.17, 15) is 0 Å². The molecule has 0 bridgehead atoms. The van der Waals surface area contributed by atoms with E-state index in [0.29, 0.717) is 19.8 Å². The van der Waals surface area contributed by atoms with Crippen LogP contribution in [0.3, 0.4) is 0 Å². The zero-order valence-electron chi connectivity index (χ0n) is 17.8. The van der Waals surface area contributed by atoms with Crippen LogP contribution in [0, 0.1) is 0 Å². The minimum atomic E-state index is 0.0645. The molecule has 1 aromatic carbocycles. The Labute approximate surface area is 181 Å². The summed E-state index contributed by atoms with van der Waals surface area (Å²) in [6, 6.07) is 12.3. The quantitative estimate of drug-likeness (QED) is 0.488. The average molecular weight is 421 g/mol. The summed E-state index contributed by atoms with van der Waals surface area (Å²) in [5.74, 6) is 3.31. The van der Waals surface area contributed by atoms with E-state index < -0.39 is 0 Å². The summed E-state index contributed by atoms with van der Waals surface area (Å²) in [6.45, 7) is 2.58. The fourth-order valence-electron chi connectivity index (χ4n) is 4.64. The van der Waals surface area contributed by atoms with Gasteiger partial charge in [0.2, 0.25) is 0 Å². The highest BCUT2D eigenvalue weighted by Gasteiger charge is 2.36. The Kier molecular flexibility index (Phi) is 5.36. The van der Waals surface area contributed by atoms with Crippen LogP contribution in [0.5, 0.6) is 11.5 Å². The number of rotatable bonds is 5. The number of aliphatic imine (C=N–C) groups is 1. The van der Waals surface area contributed by atoms with E-state index in [1.54, 1.807) is 7.05 Å². The second-order valence-electron chi connectivity index (χ2n) is 8.17. The van der Waals surface area contributed by atoms with Gasteiger partial charge in [-0.1, -0.05) is 25.0 Å². The van der Waals surface area contributed by atoms with Crippen LogP contribution in [0.4, 0.5) is 0 Å². The number of guanidine groups is 1. The lowest BCUT2D eigenvalue weighted by Gasteiger charge is -2.32. The molecule has 8 heteroatoms. The molecular weight excluding hydrogens is 392 g/mol. The van der Waals surface area contributed by atoms with Gasteiger partial charge in [-0.15, -0.1) is 10.2 Å². The number of pyridine rings is 1. The molecule has 31 heavy (non-hydrogen) atoms. The summed E-state index contributed by atoms with van der Waals surface area (Å²) >= 11 is 0. The first kappa shape index (κ1) is 19.7. The van der Waals surface area contributed by atoms with Gasteiger partial charge in [0.25, 0.3) is 0 Å². The van der Waals surface area contributed by atoms with Gasteiger partial charge >= 0.3 is 0 Å². The monoisotopic (exact) mass is 420 g/mol. The molecule has 0 amide bonds. The molecule has 1 saturated carbocycles. The van der Waals surface area contributed by atoms with Gasteiger partial charge in [0.1, 0.15) is 13.2 Å². The van der Waals surface area contributed by atoms with Gasteiger partial charge in [-0.25, -0.2) is 0 Å². The van der Waals surface area contributed by atoms with Crippen LogP contribution in [0.2, 0.25) is 0 Å². The molecule has 5 rings (SSSR count). The van der Waals surface area contributed by atoms with Gasteiger partial charge in [0, 0.05) is 25.2 Å². The highest BCUT2D eigenvalue weighted by Crippen LogP contribution is 2.43. The van der Waals surface area contributed by atoms with Crippen LogP contribution < -0.4 is 20.1 Å². The molecule has 0 unspecified atom stereocenters. The van der Waals surface area contributed by atoms with Crippen LogP contribution >= 0.6 is 0 Å². The fraction of sp³-hybridized carbons (Fsp3) is 0.435. The lowest BCUT2D eigenvalue weighted by Crippen LogP contribution is -2.44. The van der Waals surface area contributed by atoms with Crippen molar-refractivity contribution in [3.63, 3.8) is 0 Å². The van der Waals surface area contributed by atoms with Gasteiger partial charge in [-0.2, -0.15) is 0 Å². The summed E-state index contributed by atoms with van der Waals surface area (Å²) in [7, 11) is 1.79. The van der Waals surface area contributed by atoms with E-state index in [-0.39, 0.29) is 5.41 Å². The number of fused-ring (bicyclic) bond motifs is 2. The molecule has 0 radical (unpaired) electrons. The maximum atomic E-state index is 5.83. The van der Waals surface area contributed by atoms with Gasteiger partial charge in [0.05, 0.1) is 6.54 Å². The van der Waals surface area contributed by atoms with Gasteiger partial charge in [0.15, 0.2) is 28.9 Å². The SMILES string of the molecule is CN=C(NCc1nnc2ccccn12)NCC1(c2ccc3c(c2)OCCO3)CCCC1. The van der Waals surface area contributed by atoms with Crippen molar-refractivity contribution in [1.29, 1.82) is 0 Å². The Morgan fingerprint density at radius 1 is 1.06 bits per heavy atom. The first-order valence-corrected chi connectivity index (χ1v) is 10.9. The maximum Gasteiger partial charge on any atom is 0.191 e. The third-order valence-electron chi connectivity index (χ3n) is 6.33. The normalized spacial score (nSPS) is 17.6. The molecule has 3 heterocycles. The van der Waals surface area contributed by atoms with Crippen molar-refractivity contribution >= 4 is 11.6 Å². The minimum absolute atomic E-state index is 0.0645. The zero-order chi connectivity index (χ0) is 21.1. The molecule has 2 aromatic heterocycles. The van der Waals surface area contributed by atoms with E-state index in [4.69, 9.17) is 9.47 Å². The van der Waals surface area contributed by atoms with Crippen molar-refractivity contribution in [3.8, 4) is 11.5 Å². The lowest BCUT2D eigenvalue weighted by molar-refractivity contribution is 0.171. The molecule has 1 aliphatic carbocycles. The first-order chi connectivity index (χ1) is 15.3. The second-order valence-corrected chi connectivity index (χ2v) is 8.17. The fourth-order valence-corrected chi connectivity index (χ4v) is 4.64.